The largest absolute Gasteiger partial charge is 0.454 e. The van der Waals surface area contributed by atoms with Crippen molar-refractivity contribution in [3.05, 3.63) is 75.2 Å². The van der Waals surface area contributed by atoms with Crippen LogP contribution >= 0.6 is 11.3 Å². The summed E-state index contributed by atoms with van der Waals surface area (Å²) < 4.78 is 11.0. The Kier molecular flexibility index (Phi) is 7.62. The van der Waals surface area contributed by atoms with Crippen molar-refractivity contribution in [3.8, 4) is 11.5 Å². The van der Waals surface area contributed by atoms with Crippen LogP contribution in [0.2, 0.25) is 0 Å². The third-order valence-corrected chi connectivity index (χ3v) is 6.65. The predicted molar refractivity (Wildman–Crippen MR) is 131 cm³/mol. The molecule has 1 atom stereocenters. The Balaban J connectivity index is 1.50. The Hall–Kier alpha value is -2.90. The van der Waals surface area contributed by atoms with Crippen LogP contribution in [0.4, 0.5) is 0 Å². The molecule has 0 bridgehead atoms. The number of hydrogen-bond acceptors (Lipinski definition) is 6. The molecule has 1 amide bonds. The number of ether oxygens (including phenoxy) is 2. The SMILES string of the molecule is CCc1ccc(CN(Cc2ccc3c(c2)OCO3)Cc2nc(C(=O)NC(C)CC)cs2)cc1. The van der Waals surface area contributed by atoms with Gasteiger partial charge in [-0.3, -0.25) is 9.69 Å². The van der Waals surface area contributed by atoms with Gasteiger partial charge in [0.2, 0.25) is 6.79 Å². The molecule has 1 aromatic heterocycles. The molecule has 3 aromatic rings. The first-order chi connectivity index (χ1) is 16.0. The van der Waals surface area contributed by atoms with Gasteiger partial charge in [-0.15, -0.1) is 11.3 Å². The van der Waals surface area contributed by atoms with Crippen molar-refractivity contribution in [2.45, 2.75) is 59.3 Å². The first kappa shape index (κ1) is 23.3. The molecule has 174 valence electrons. The standard InChI is InChI=1S/C26H31N3O3S/c1-4-18(3)27-26(30)22-16-33-25(28-22)15-29(13-20-8-6-19(5-2)7-9-20)14-21-10-11-23-24(12-21)32-17-31-23/h6-12,16,18H,4-5,13-15,17H2,1-3H3,(H,27,30). The number of rotatable bonds is 10. The quantitative estimate of drug-likeness (QED) is 0.448. The molecule has 6 nitrogen and oxygen atoms in total. The van der Waals surface area contributed by atoms with Gasteiger partial charge in [0.1, 0.15) is 10.7 Å². The highest BCUT2D eigenvalue weighted by atomic mass is 32.1. The van der Waals surface area contributed by atoms with Crippen molar-refractivity contribution in [2.24, 2.45) is 0 Å². The molecule has 0 spiro atoms. The summed E-state index contributed by atoms with van der Waals surface area (Å²) in [5.74, 6) is 1.47. The first-order valence-corrected chi connectivity index (χ1v) is 12.4. The lowest BCUT2D eigenvalue weighted by Crippen LogP contribution is -2.32. The smallest absolute Gasteiger partial charge is 0.270 e. The van der Waals surface area contributed by atoms with E-state index in [-0.39, 0.29) is 18.7 Å². The summed E-state index contributed by atoms with van der Waals surface area (Å²) >= 11 is 1.53. The molecule has 7 heteroatoms. The number of aryl methyl sites for hydroxylation is 1. The molecule has 0 fully saturated rings. The zero-order chi connectivity index (χ0) is 23.2. The molecule has 1 aliphatic heterocycles. The number of fused-ring (bicyclic) bond motifs is 1. The summed E-state index contributed by atoms with van der Waals surface area (Å²) in [5.41, 5.74) is 4.22. The maximum absolute atomic E-state index is 12.5. The van der Waals surface area contributed by atoms with Crippen LogP contribution in [-0.4, -0.2) is 28.6 Å². The molecule has 1 aliphatic rings. The highest BCUT2D eigenvalue weighted by Gasteiger charge is 2.18. The van der Waals surface area contributed by atoms with Crippen molar-refractivity contribution >= 4 is 17.2 Å². The van der Waals surface area contributed by atoms with Crippen molar-refractivity contribution < 1.29 is 14.3 Å². The number of nitrogens with zero attached hydrogens (tertiary/aromatic N) is 2. The number of carbonyl (C=O) groups excluding carboxylic acids is 1. The topological polar surface area (TPSA) is 63.7 Å². The summed E-state index contributed by atoms with van der Waals surface area (Å²) in [5, 5.41) is 5.77. The van der Waals surface area contributed by atoms with Crippen molar-refractivity contribution in [1.82, 2.24) is 15.2 Å². The molecule has 4 rings (SSSR count). The van der Waals surface area contributed by atoms with E-state index in [0.29, 0.717) is 12.2 Å². The van der Waals surface area contributed by atoms with Crippen LogP contribution in [0.15, 0.2) is 47.8 Å². The molecule has 2 heterocycles. The van der Waals surface area contributed by atoms with Gasteiger partial charge in [-0.1, -0.05) is 44.2 Å². The average molecular weight is 466 g/mol. The molecule has 0 saturated carbocycles. The highest BCUT2D eigenvalue weighted by molar-refractivity contribution is 7.09. The van der Waals surface area contributed by atoms with E-state index in [2.05, 4.69) is 59.4 Å². The Bertz CT molecular complexity index is 1080. The van der Waals surface area contributed by atoms with E-state index in [4.69, 9.17) is 9.47 Å². The van der Waals surface area contributed by atoms with Gasteiger partial charge >= 0.3 is 0 Å². The average Bonchev–Trinajstić information content (AvgIpc) is 3.48. The zero-order valence-electron chi connectivity index (χ0n) is 19.5. The molecule has 0 saturated heterocycles. The summed E-state index contributed by atoms with van der Waals surface area (Å²) in [6, 6.07) is 15.0. The lowest BCUT2D eigenvalue weighted by molar-refractivity contribution is 0.0934. The van der Waals surface area contributed by atoms with Gasteiger partial charge in [-0.2, -0.15) is 0 Å². The number of nitrogens with one attached hydrogen (secondary N) is 1. The van der Waals surface area contributed by atoms with Gasteiger partial charge in [-0.25, -0.2) is 4.98 Å². The fourth-order valence-electron chi connectivity index (χ4n) is 3.68. The maximum atomic E-state index is 12.5. The summed E-state index contributed by atoms with van der Waals surface area (Å²) in [6.45, 7) is 8.67. The van der Waals surface area contributed by atoms with Gasteiger partial charge < -0.3 is 14.8 Å². The number of carbonyl (C=O) groups is 1. The van der Waals surface area contributed by atoms with E-state index in [1.54, 1.807) is 0 Å². The number of hydrogen-bond donors (Lipinski definition) is 1. The molecular formula is C26H31N3O3S. The molecule has 0 aliphatic carbocycles. The van der Waals surface area contributed by atoms with Gasteiger partial charge in [0.05, 0.1) is 6.54 Å². The monoisotopic (exact) mass is 465 g/mol. The maximum Gasteiger partial charge on any atom is 0.270 e. The van der Waals surface area contributed by atoms with Crippen molar-refractivity contribution in [2.75, 3.05) is 6.79 Å². The van der Waals surface area contributed by atoms with Crippen LogP contribution in [0.25, 0.3) is 0 Å². The van der Waals surface area contributed by atoms with Crippen LogP contribution in [0.3, 0.4) is 0 Å². The van der Waals surface area contributed by atoms with Crippen LogP contribution in [-0.2, 0) is 26.1 Å². The van der Waals surface area contributed by atoms with Gasteiger partial charge in [0, 0.05) is 24.5 Å². The molecule has 0 radical (unpaired) electrons. The second-order valence-corrected chi connectivity index (χ2v) is 9.35. The predicted octanol–water partition coefficient (Wildman–Crippen LogP) is 5.16. The van der Waals surface area contributed by atoms with Gasteiger partial charge in [-0.05, 0) is 48.6 Å². The van der Waals surface area contributed by atoms with E-state index in [9.17, 15) is 4.79 Å². The van der Waals surface area contributed by atoms with Crippen LogP contribution in [0.1, 0.15) is 59.4 Å². The van der Waals surface area contributed by atoms with Crippen LogP contribution in [0.5, 0.6) is 11.5 Å². The highest BCUT2D eigenvalue weighted by Crippen LogP contribution is 2.33. The minimum atomic E-state index is -0.107. The number of amides is 1. The van der Waals surface area contributed by atoms with E-state index in [0.717, 1.165) is 48.0 Å². The minimum Gasteiger partial charge on any atom is -0.454 e. The third kappa shape index (κ3) is 6.12. The van der Waals surface area contributed by atoms with Crippen molar-refractivity contribution in [1.29, 1.82) is 0 Å². The lowest BCUT2D eigenvalue weighted by atomic mass is 10.1. The summed E-state index contributed by atoms with van der Waals surface area (Å²) in [7, 11) is 0. The van der Waals surface area contributed by atoms with E-state index in [1.165, 1.54) is 22.5 Å². The van der Waals surface area contributed by atoms with Crippen LogP contribution in [0, 0.1) is 0 Å². The molecule has 1 N–H and O–H groups in total. The molecule has 2 aromatic carbocycles. The zero-order valence-corrected chi connectivity index (χ0v) is 20.3. The molecule has 33 heavy (non-hydrogen) atoms. The van der Waals surface area contributed by atoms with Gasteiger partial charge in [0.15, 0.2) is 11.5 Å². The van der Waals surface area contributed by atoms with E-state index in [1.807, 2.05) is 24.4 Å². The Morgan fingerprint density at radius 1 is 1.03 bits per heavy atom. The second kappa shape index (κ2) is 10.8. The van der Waals surface area contributed by atoms with Crippen LogP contribution < -0.4 is 14.8 Å². The number of thiazole rings is 1. The normalized spacial score (nSPS) is 13.3. The third-order valence-electron chi connectivity index (χ3n) is 5.81. The Morgan fingerprint density at radius 3 is 2.48 bits per heavy atom. The lowest BCUT2D eigenvalue weighted by Gasteiger charge is -2.22. The Labute approximate surface area is 199 Å². The fraction of sp³-hybridized carbons (Fsp3) is 0.385. The van der Waals surface area contributed by atoms with E-state index < -0.39 is 0 Å². The molecule has 1 unspecified atom stereocenters. The minimum absolute atomic E-state index is 0.107. The van der Waals surface area contributed by atoms with E-state index >= 15 is 0 Å². The number of aromatic nitrogens is 1. The van der Waals surface area contributed by atoms with Crippen molar-refractivity contribution in [3.63, 3.8) is 0 Å². The summed E-state index contributed by atoms with van der Waals surface area (Å²) in [6.07, 6.45) is 1.92. The fourth-order valence-corrected chi connectivity index (χ4v) is 4.50. The first-order valence-electron chi connectivity index (χ1n) is 11.5. The summed E-state index contributed by atoms with van der Waals surface area (Å²) in [4.78, 5) is 19.4. The number of benzene rings is 2. The second-order valence-electron chi connectivity index (χ2n) is 8.41. The Morgan fingerprint density at radius 2 is 1.73 bits per heavy atom. The van der Waals surface area contributed by atoms with Gasteiger partial charge in [0.25, 0.3) is 5.91 Å². The molecular weight excluding hydrogens is 434 g/mol.